The van der Waals surface area contributed by atoms with Crippen LogP contribution in [0.3, 0.4) is 0 Å². The van der Waals surface area contributed by atoms with Gasteiger partial charge in [0.15, 0.2) is 0 Å². The van der Waals surface area contributed by atoms with Crippen LogP contribution in [0.15, 0.2) is 36.0 Å². The number of carbonyl (C=O) groups is 1. The molecule has 0 aliphatic carbocycles. The van der Waals surface area contributed by atoms with Crippen molar-refractivity contribution >= 4 is 11.6 Å². The molecular weight excluding hydrogens is 292 g/mol. The molecule has 0 radical (unpaired) electrons. The monoisotopic (exact) mass is 316 g/mol. The van der Waals surface area contributed by atoms with Crippen molar-refractivity contribution < 1.29 is 9.90 Å². The van der Waals surface area contributed by atoms with Crippen LogP contribution in [0, 0.1) is 11.3 Å². The van der Waals surface area contributed by atoms with E-state index in [-0.39, 0.29) is 17.0 Å². The van der Waals surface area contributed by atoms with Gasteiger partial charge in [-0.15, -0.1) is 0 Å². The molecule has 0 bridgehead atoms. The zero-order valence-electron chi connectivity index (χ0n) is 13.7. The van der Waals surface area contributed by atoms with E-state index in [1.807, 2.05) is 6.07 Å². The lowest BCUT2D eigenvalue weighted by atomic mass is 10.2. The smallest absolute Gasteiger partial charge is 0.267 e. The maximum atomic E-state index is 12.0. The quantitative estimate of drug-likeness (QED) is 0.281. The first kappa shape index (κ1) is 18.5. The lowest BCUT2D eigenvalue weighted by Crippen LogP contribution is -2.26. The molecule has 0 saturated carbocycles. The van der Waals surface area contributed by atoms with Gasteiger partial charge in [0.25, 0.3) is 5.91 Å². The molecule has 23 heavy (non-hydrogen) atoms. The summed E-state index contributed by atoms with van der Waals surface area (Å²) >= 11 is 0. The van der Waals surface area contributed by atoms with Crippen molar-refractivity contribution in [2.24, 2.45) is 0 Å². The predicted octanol–water partition coefficient (Wildman–Crippen LogP) is 2.06. The number of benzene rings is 1. The number of nitriles is 1. The minimum Gasteiger partial charge on any atom is -0.506 e. The summed E-state index contributed by atoms with van der Waals surface area (Å²) in [5.41, 5.74) is 0.247. The summed E-state index contributed by atoms with van der Waals surface area (Å²) in [6, 6.07) is 8.24. The highest BCUT2D eigenvalue weighted by atomic mass is 16.3. The van der Waals surface area contributed by atoms with Crippen LogP contribution in [-0.2, 0) is 4.79 Å². The maximum Gasteiger partial charge on any atom is 0.267 e. The van der Waals surface area contributed by atoms with Crippen LogP contribution in [-0.4, -0.2) is 42.1 Å². The van der Waals surface area contributed by atoms with E-state index in [1.165, 1.54) is 12.3 Å². The molecule has 0 unspecified atom stereocenters. The minimum atomic E-state index is -0.551. The Morgan fingerprint density at radius 1 is 1.35 bits per heavy atom. The third-order valence-corrected chi connectivity index (χ3v) is 3.45. The number of carbonyl (C=O) groups excluding carboxylic acids is 1. The lowest BCUT2D eigenvalue weighted by molar-refractivity contribution is -0.112. The molecule has 1 aromatic rings. The van der Waals surface area contributed by atoms with Gasteiger partial charge in [-0.1, -0.05) is 26.0 Å². The molecule has 3 N–H and O–H groups in total. The number of anilines is 1. The number of rotatable bonds is 9. The van der Waals surface area contributed by atoms with Crippen LogP contribution >= 0.6 is 0 Å². The summed E-state index contributed by atoms with van der Waals surface area (Å²) in [6.07, 6.45) is 2.34. The summed E-state index contributed by atoms with van der Waals surface area (Å²) in [7, 11) is 0. The van der Waals surface area contributed by atoms with E-state index in [4.69, 9.17) is 5.26 Å². The molecule has 0 atom stereocenters. The van der Waals surface area contributed by atoms with Crippen molar-refractivity contribution in [2.75, 3.05) is 31.5 Å². The SMILES string of the molecule is CCN(CC)CCCN/C=C(/C#N)C(=O)Nc1ccccc1O. The highest BCUT2D eigenvalue weighted by Crippen LogP contribution is 2.21. The van der Waals surface area contributed by atoms with Crippen LogP contribution < -0.4 is 10.6 Å². The number of hydrogen-bond donors (Lipinski definition) is 3. The number of aromatic hydroxyl groups is 1. The fourth-order valence-corrected chi connectivity index (χ4v) is 2.04. The van der Waals surface area contributed by atoms with E-state index in [0.29, 0.717) is 6.54 Å². The Morgan fingerprint density at radius 3 is 2.65 bits per heavy atom. The first-order valence-electron chi connectivity index (χ1n) is 7.77. The second-order valence-corrected chi connectivity index (χ2v) is 4.98. The van der Waals surface area contributed by atoms with Crippen LogP contribution in [0.4, 0.5) is 5.69 Å². The molecule has 0 aliphatic rings. The number of phenols is 1. The third kappa shape index (κ3) is 6.41. The fraction of sp³-hybridized carbons (Fsp3) is 0.412. The van der Waals surface area contributed by atoms with Crippen molar-refractivity contribution in [1.82, 2.24) is 10.2 Å². The van der Waals surface area contributed by atoms with Crippen molar-refractivity contribution in [3.63, 3.8) is 0 Å². The molecule has 1 aromatic carbocycles. The summed E-state index contributed by atoms with van der Waals surface area (Å²) < 4.78 is 0. The molecule has 0 aliphatic heterocycles. The number of para-hydroxylation sites is 2. The molecule has 6 nitrogen and oxygen atoms in total. The Labute approximate surface area is 137 Å². The predicted molar refractivity (Wildman–Crippen MR) is 90.8 cm³/mol. The topological polar surface area (TPSA) is 88.4 Å². The molecule has 6 heteroatoms. The second kappa shape index (κ2) is 10.2. The van der Waals surface area contributed by atoms with Gasteiger partial charge in [0.2, 0.25) is 0 Å². The zero-order valence-corrected chi connectivity index (χ0v) is 13.7. The van der Waals surface area contributed by atoms with Gasteiger partial charge in [0, 0.05) is 12.7 Å². The highest BCUT2D eigenvalue weighted by molar-refractivity contribution is 6.07. The molecule has 0 fully saturated rings. The number of nitrogens with zero attached hydrogens (tertiary/aromatic N) is 2. The third-order valence-electron chi connectivity index (χ3n) is 3.45. The van der Waals surface area contributed by atoms with Crippen molar-refractivity contribution in [2.45, 2.75) is 20.3 Å². The van der Waals surface area contributed by atoms with Crippen LogP contribution in [0.1, 0.15) is 20.3 Å². The summed E-state index contributed by atoms with van der Waals surface area (Å²) in [5.74, 6) is -0.587. The normalized spacial score (nSPS) is 11.1. The average molecular weight is 316 g/mol. The van der Waals surface area contributed by atoms with Crippen LogP contribution in [0.5, 0.6) is 5.75 Å². The second-order valence-electron chi connectivity index (χ2n) is 4.98. The Bertz CT molecular complexity index is 574. The van der Waals surface area contributed by atoms with Crippen molar-refractivity contribution in [3.05, 3.63) is 36.0 Å². The van der Waals surface area contributed by atoms with E-state index in [9.17, 15) is 9.90 Å². The number of phenolic OH excluding ortho intramolecular Hbond substituents is 1. The van der Waals surface area contributed by atoms with Gasteiger partial charge in [-0.2, -0.15) is 5.26 Å². The van der Waals surface area contributed by atoms with E-state index < -0.39 is 5.91 Å². The fourth-order valence-electron chi connectivity index (χ4n) is 2.04. The molecule has 1 amide bonds. The number of hydrogen-bond acceptors (Lipinski definition) is 5. The van der Waals surface area contributed by atoms with Gasteiger partial charge < -0.3 is 20.6 Å². The molecule has 0 saturated heterocycles. The van der Waals surface area contributed by atoms with E-state index in [2.05, 4.69) is 29.4 Å². The Kier molecular flexibility index (Phi) is 8.25. The summed E-state index contributed by atoms with van der Waals surface area (Å²) in [6.45, 7) is 7.92. The van der Waals surface area contributed by atoms with Gasteiger partial charge >= 0.3 is 0 Å². The highest BCUT2D eigenvalue weighted by Gasteiger charge is 2.11. The first-order chi connectivity index (χ1) is 11.1. The van der Waals surface area contributed by atoms with E-state index in [0.717, 1.165) is 26.1 Å². The van der Waals surface area contributed by atoms with Gasteiger partial charge in [-0.25, -0.2) is 0 Å². The van der Waals surface area contributed by atoms with Gasteiger partial charge in [0.1, 0.15) is 17.4 Å². The average Bonchev–Trinajstić information content (AvgIpc) is 2.56. The minimum absolute atomic E-state index is 0.0314. The zero-order chi connectivity index (χ0) is 17.1. The summed E-state index contributed by atoms with van der Waals surface area (Å²) in [5, 5.41) is 24.2. The molecule has 124 valence electrons. The Balaban J connectivity index is 2.48. The first-order valence-corrected chi connectivity index (χ1v) is 7.77. The van der Waals surface area contributed by atoms with Crippen LogP contribution in [0.2, 0.25) is 0 Å². The van der Waals surface area contributed by atoms with Crippen molar-refractivity contribution in [3.8, 4) is 11.8 Å². The van der Waals surface area contributed by atoms with E-state index >= 15 is 0 Å². The largest absolute Gasteiger partial charge is 0.506 e. The molecule has 0 aromatic heterocycles. The standard InChI is InChI=1S/C17H24N4O2/c1-3-21(4-2)11-7-10-19-13-14(12-18)17(23)20-15-8-5-6-9-16(15)22/h5-6,8-9,13,19,22H,3-4,7,10-11H2,1-2H3,(H,20,23)/b14-13-. The number of amides is 1. The Hall–Kier alpha value is -2.52. The lowest BCUT2D eigenvalue weighted by Gasteiger charge is -2.17. The summed E-state index contributed by atoms with van der Waals surface area (Å²) in [4.78, 5) is 14.3. The van der Waals surface area contributed by atoms with Gasteiger partial charge in [0.05, 0.1) is 5.69 Å². The molecule has 0 spiro atoms. The molecule has 1 rings (SSSR count). The maximum absolute atomic E-state index is 12.0. The van der Waals surface area contributed by atoms with Crippen LogP contribution in [0.25, 0.3) is 0 Å². The molecule has 0 heterocycles. The van der Waals surface area contributed by atoms with E-state index in [1.54, 1.807) is 18.2 Å². The Morgan fingerprint density at radius 2 is 2.04 bits per heavy atom. The molecular formula is C17H24N4O2. The van der Waals surface area contributed by atoms with Gasteiger partial charge in [-0.3, -0.25) is 4.79 Å². The number of nitrogens with one attached hydrogen (secondary N) is 2. The van der Waals surface area contributed by atoms with Crippen molar-refractivity contribution in [1.29, 1.82) is 5.26 Å². The van der Waals surface area contributed by atoms with Gasteiger partial charge in [-0.05, 0) is 38.2 Å².